The average Bonchev–Trinajstić information content (AvgIpc) is 2.64. The molecule has 0 amide bonds. The molecule has 0 unspecified atom stereocenters. The maximum atomic E-state index is 4.38. The monoisotopic (exact) mass is 288 g/mol. The predicted molar refractivity (Wildman–Crippen MR) is 97.2 cm³/mol. The molecule has 0 N–H and O–H groups in total. The summed E-state index contributed by atoms with van der Waals surface area (Å²) in [6.45, 7) is 0. The Labute approximate surface area is 132 Å². The Balaban J connectivity index is 2.27. The second-order valence-corrected chi connectivity index (χ2v) is 4.69. The third-order valence-corrected chi connectivity index (χ3v) is 3.03. The van der Waals surface area contributed by atoms with Gasteiger partial charge >= 0.3 is 0 Å². The predicted octanol–water partition coefficient (Wildman–Crippen LogP) is 5.04. The molecule has 2 heteroatoms. The van der Waals surface area contributed by atoms with E-state index in [1.165, 1.54) is 5.57 Å². The van der Waals surface area contributed by atoms with Gasteiger partial charge in [-0.25, -0.2) is 0 Å². The molecule has 0 aromatic carbocycles. The summed E-state index contributed by atoms with van der Waals surface area (Å²) in [5.74, 6) is 0. The Morgan fingerprint density at radius 2 is 1.18 bits per heavy atom. The van der Waals surface area contributed by atoms with Gasteiger partial charge in [0, 0.05) is 12.6 Å². The van der Waals surface area contributed by atoms with Crippen LogP contribution in [0.3, 0.4) is 0 Å². The molecular formula is C20H20N2. The van der Waals surface area contributed by atoms with Crippen LogP contribution in [0.1, 0.15) is 12.8 Å². The number of nitrogens with zero attached hydrogens (tertiary/aromatic N) is 2. The Morgan fingerprint density at radius 1 is 0.591 bits per heavy atom. The number of hydrogen-bond acceptors (Lipinski definition) is 2. The van der Waals surface area contributed by atoms with Crippen LogP contribution in [0.2, 0.25) is 0 Å². The van der Waals surface area contributed by atoms with Gasteiger partial charge in [-0.15, -0.1) is 0 Å². The Kier molecular flexibility index (Phi) is 7.15. The summed E-state index contributed by atoms with van der Waals surface area (Å²) >= 11 is 0. The van der Waals surface area contributed by atoms with Crippen molar-refractivity contribution in [1.29, 1.82) is 0 Å². The smallest absolute Gasteiger partial charge is 0.0703 e. The van der Waals surface area contributed by atoms with E-state index in [4.69, 9.17) is 0 Å². The zero-order valence-corrected chi connectivity index (χ0v) is 12.5. The van der Waals surface area contributed by atoms with Crippen molar-refractivity contribution in [3.63, 3.8) is 0 Å². The normalized spacial score (nSPS) is 18.5. The molecule has 2 nitrogen and oxygen atoms in total. The maximum absolute atomic E-state index is 4.38. The van der Waals surface area contributed by atoms with E-state index in [2.05, 4.69) is 34.5 Å². The minimum absolute atomic E-state index is 0.765. The van der Waals surface area contributed by atoms with E-state index in [0.717, 1.165) is 18.6 Å². The second kappa shape index (κ2) is 10.1. The zero-order valence-electron chi connectivity index (χ0n) is 12.5. The van der Waals surface area contributed by atoms with Gasteiger partial charge in [0.1, 0.15) is 0 Å². The van der Waals surface area contributed by atoms with Crippen LogP contribution in [0.25, 0.3) is 0 Å². The van der Waals surface area contributed by atoms with Crippen LogP contribution < -0.4 is 0 Å². The van der Waals surface area contributed by atoms with Crippen LogP contribution in [0.5, 0.6) is 0 Å². The molecular weight excluding hydrogens is 268 g/mol. The van der Waals surface area contributed by atoms with Crippen LogP contribution in [-0.4, -0.2) is 11.9 Å². The lowest BCUT2D eigenvalue weighted by Crippen LogP contribution is -2.01. The van der Waals surface area contributed by atoms with Gasteiger partial charge in [0.15, 0.2) is 0 Å². The zero-order chi connectivity index (χ0) is 15.3. The summed E-state index contributed by atoms with van der Waals surface area (Å²) in [4.78, 5) is 0. The molecule has 0 atom stereocenters. The first-order valence-electron chi connectivity index (χ1n) is 7.41. The fraction of sp³-hybridized carbons (Fsp3) is 0.100. The molecule has 22 heavy (non-hydrogen) atoms. The summed E-state index contributed by atoms with van der Waals surface area (Å²) in [7, 11) is 0. The van der Waals surface area contributed by atoms with E-state index < -0.39 is 0 Å². The van der Waals surface area contributed by atoms with Crippen molar-refractivity contribution >= 4 is 11.9 Å². The molecule has 1 heterocycles. The molecule has 110 valence electrons. The van der Waals surface area contributed by atoms with Crippen LogP contribution in [0.4, 0.5) is 0 Å². The lowest BCUT2D eigenvalue weighted by atomic mass is 10.0. The molecule has 0 aromatic heterocycles. The highest BCUT2D eigenvalue weighted by atomic mass is 15.2. The summed E-state index contributed by atoms with van der Waals surface area (Å²) in [6.07, 6.45) is 33.7. The number of hydrogen-bond donors (Lipinski definition) is 0. The highest BCUT2D eigenvalue weighted by molar-refractivity contribution is 6.01. The van der Waals surface area contributed by atoms with Crippen molar-refractivity contribution in [3.8, 4) is 0 Å². The van der Waals surface area contributed by atoms with Crippen molar-refractivity contribution in [1.82, 2.24) is 0 Å². The van der Waals surface area contributed by atoms with E-state index in [1.54, 1.807) is 6.21 Å². The van der Waals surface area contributed by atoms with Crippen LogP contribution in [-0.2, 0) is 0 Å². The molecule has 1 aliphatic carbocycles. The van der Waals surface area contributed by atoms with E-state index in [1.807, 2.05) is 66.8 Å². The minimum atomic E-state index is 0.765. The van der Waals surface area contributed by atoms with E-state index in [9.17, 15) is 0 Å². The van der Waals surface area contributed by atoms with Gasteiger partial charge in [0.05, 0.1) is 5.71 Å². The SMILES string of the molecule is C1=CC=CC=C(C2=NN=CC=CC=CC=CC2)CC=CC=C1. The van der Waals surface area contributed by atoms with Crippen molar-refractivity contribution in [3.05, 3.63) is 96.7 Å². The van der Waals surface area contributed by atoms with Crippen molar-refractivity contribution in [2.24, 2.45) is 10.2 Å². The van der Waals surface area contributed by atoms with Crippen LogP contribution in [0.15, 0.2) is 107 Å². The van der Waals surface area contributed by atoms with Gasteiger partial charge in [-0.3, -0.25) is 0 Å². The third-order valence-electron chi connectivity index (χ3n) is 3.03. The summed E-state index contributed by atoms with van der Waals surface area (Å²) < 4.78 is 0. The minimum Gasteiger partial charge on any atom is -0.159 e. The van der Waals surface area contributed by atoms with Gasteiger partial charge < -0.3 is 0 Å². The molecule has 0 spiro atoms. The van der Waals surface area contributed by atoms with Gasteiger partial charge in [-0.1, -0.05) is 85.1 Å². The van der Waals surface area contributed by atoms with Crippen LogP contribution >= 0.6 is 0 Å². The van der Waals surface area contributed by atoms with E-state index in [-0.39, 0.29) is 0 Å². The molecule has 0 fully saturated rings. The summed E-state index contributed by atoms with van der Waals surface area (Å²) in [5, 5.41) is 8.52. The second-order valence-electron chi connectivity index (χ2n) is 4.69. The highest BCUT2D eigenvalue weighted by Gasteiger charge is 2.04. The first-order chi connectivity index (χ1) is 11.0. The first-order valence-corrected chi connectivity index (χ1v) is 7.41. The molecule has 2 rings (SSSR count). The quantitative estimate of drug-likeness (QED) is 0.645. The Morgan fingerprint density at radius 3 is 1.95 bits per heavy atom. The van der Waals surface area contributed by atoms with Crippen molar-refractivity contribution in [2.75, 3.05) is 0 Å². The fourth-order valence-corrected chi connectivity index (χ4v) is 1.93. The largest absolute Gasteiger partial charge is 0.159 e. The Hall–Kier alpha value is -2.74. The van der Waals surface area contributed by atoms with Gasteiger partial charge in [0.25, 0.3) is 0 Å². The van der Waals surface area contributed by atoms with Gasteiger partial charge in [-0.2, -0.15) is 10.2 Å². The molecule has 0 saturated heterocycles. The third kappa shape index (κ3) is 6.14. The highest BCUT2D eigenvalue weighted by Crippen LogP contribution is 2.12. The van der Waals surface area contributed by atoms with E-state index >= 15 is 0 Å². The topological polar surface area (TPSA) is 24.7 Å². The van der Waals surface area contributed by atoms with Crippen molar-refractivity contribution in [2.45, 2.75) is 12.8 Å². The lowest BCUT2D eigenvalue weighted by molar-refractivity contribution is 1.18. The maximum Gasteiger partial charge on any atom is 0.0703 e. The molecule has 0 radical (unpaired) electrons. The molecule has 0 saturated carbocycles. The Bertz CT molecular complexity index is 587. The molecule has 0 aromatic rings. The van der Waals surface area contributed by atoms with E-state index in [0.29, 0.717) is 0 Å². The number of allylic oxidation sites excluding steroid dienone is 16. The average molecular weight is 288 g/mol. The molecule has 1 aliphatic heterocycles. The molecule has 0 bridgehead atoms. The first kappa shape index (κ1) is 15.6. The van der Waals surface area contributed by atoms with Gasteiger partial charge in [0.2, 0.25) is 0 Å². The van der Waals surface area contributed by atoms with Crippen LogP contribution in [0, 0.1) is 0 Å². The summed E-state index contributed by atoms with van der Waals surface area (Å²) in [6, 6.07) is 0. The fourth-order valence-electron chi connectivity index (χ4n) is 1.93. The van der Waals surface area contributed by atoms with Gasteiger partial charge in [-0.05, 0) is 18.1 Å². The number of rotatable bonds is 1. The standard InChI is InChI=1S/C20H20N2/c1-2-4-8-12-16-19(15-11-7-3-1)20-17-13-9-5-6-10-14-18-21-22-20/h1-15,18H,16-17H2. The summed E-state index contributed by atoms with van der Waals surface area (Å²) in [5.41, 5.74) is 2.16. The van der Waals surface area contributed by atoms with Crippen molar-refractivity contribution < 1.29 is 0 Å². The molecule has 2 aliphatic rings. The lowest BCUT2D eigenvalue weighted by Gasteiger charge is -2.05.